The summed E-state index contributed by atoms with van der Waals surface area (Å²) in [6, 6.07) is 9.88. The van der Waals surface area contributed by atoms with Gasteiger partial charge in [-0.15, -0.1) is 0 Å². The molecule has 0 spiro atoms. The van der Waals surface area contributed by atoms with Crippen molar-refractivity contribution in [3.8, 4) is 0 Å². The van der Waals surface area contributed by atoms with Gasteiger partial charge >= 0.3 is 0 Å². The molecule has 17 heavy (non-hydrogen) atoms. The number of Topliss-reactive ketones (excluding diaryl/α,β-unsaturated/α-hetero) is 1. The van der Waals surface area contributed by atoms with E-state index in [1.54, 1.807) is 4.90 Å². The van der Waals surface area contributed by atoms with Gasteiger partial charge in [-0.25, -0.2) is 0 Å². The Hall–Kier alpha value is -1.64. The van der Waals surface area contributed by atoms with E-state index in [4.69, 9.17) is 0 Å². The quantitative estimate of drug-likeness (QED) is 0.756. The number of hydrogen-bond acceptors (Lipinski definition) is 2. The van der Waals surface area contributed by atoms with Crippen LogP contribution in [0.3, 0.4) is 0 Å². The molecule has 0 aliphatic heterocycles. The molecule has 92 valence electrons. The fourth-order valence-corrected chi connectivity index (χ4v) is 1.62. The minimum atomic E-state index is 0.0477. The van der Waals surface area contributed by atoms with Crippen LogP contribution in [-0.2, 0) is 16.1 Å². The topological polar surface area (TPSA) is 37.4 Å². The lowest BCUT2D eigenvalue weighted by molar-refractivity contribution is -0.133. The summed E-state index contributed by atoms with van der Waals surface area (Å²) >= 11 is 0. The minimum absolute atomic E-state index is 0.0477. The van der Waals surface area contributed by atoms with Crippen LogP contribution in [0.4, 0.5) is 0 Å². The molecule has 0 fully saturated rings. The summed E-state index contributed by atoms with van der Waals surface area (Å²) < 4.78 is 0. The summed E-state index contributed by atoms with van der Waals surface area (Å²) in [6.07, 6.45) is 0.653. The van der Waals surface area contributed by atoms with Crippen molar-refractivity contribution < 1.29 is 9.59 Å². The van der Waals surface area contributed by atoms with E-state index in [0.717, 1.165) is 5.56 Å². The molecule has 1 rings (SSSR count). The smallest absolute Gasteiger partial charge is 0.223 e. The molecular formula is C14H19NO2. The first kappa shape index (κ1) is 13.4. The van der Waals surface area contributed by atoms with E-state index in [9.17, 15) is 9.59 Å². The first-order chi connectivity index (χ1) is 8.13. The van der Waals surface area contributed by atoms with E-state index in [1.165, 1.54) is 6.92 Å². The highest BCUT2D eigenvalue weighted by Gasteiger charge is 2.12. The number of carbonyl (C=O) groups excluding carboxylic acids is 2. The summed E-state index contributed by atoms with van der Waals surface area (Å²) in [7, 11) is 0. The molecule has 3 nitrogen and oxygen atoms in total. The molecule has 0 saturated heterocycles. The van der Waals surface area contributed by atoms with Crippen LogP contribution in [0.2, 0.25) is 0 Å². The molecule has 0 unspecified atom stereocenters. The normalized spacial score (nSPS) is 10.0. The van der Waals surface area contributed by atoms with Crippen molar-refractivity contribution in [2.24, 2.45) is 0 Å². The third-order valence-corrected chi connectivity index (χ3v) is 2.64. The Labute approximate surface area is 102 Å². The molecule has 0 aliphatic rings. The fraction of sp³-hybridized carbons (Fsp3) is 0.429. The molecule has 0 radical (unpaired) electrons. The Balaban J connectivity index is 2.53. The number of carbonyl (C=O) groups is 2. The van der Waals surface area contributed by atoms with E-state index < -0.39 is 0 Å². The van der Waals surface area contributed by atoms with Crippen molar-refractivity contribution in [2.75, 3.05) is 6.54 Å². The second kappa shape index (κ2) is 6.84. The Morgan fingerprint density at radius 3 is 2.29 bits per heavy atom. The van der Waals surface area contributed by atoms with Gasteiger partial charge in [-0.2, -0.15) is 0 Å². The predicted octanol–water partition coefficient (Wildman–Crippen LogP) is 2.40. The van der Waals surface area contributed by atoms with Crippen molar-refractivity contribution in [2.45, 2.75) is 33.2 Å². The highest BCUT2D eigenvalue weighted by molar-refractivity contribution is 5.83. The molecule has 0 N–H and O–H groups in total. The van der Waals surface area contributed by atoms with Gasteiger partial charge in [0.25, 0.3) is 0 Å². The van der Waals surface area contributed by atoms with Gasteiger partial charge in [-0.1, -0.05) is 30.3 Å². The summed E-state index contributed by atoms with van der Waals surface area (Å²) in [4.78, 5) is 24.5. The Morgan fingerprint density at radius 2 is 1.76 bits per heavy atom. The standard InChI is InChI=1S/C14H19NO2/c1-3-15(14(17)10-9-12(2)16)11-13-7-5-4-6-8-13/h4-8H,3,9-11H2,1-2H3. The van der Waals surface area contributed by atoms with Crippen molar-refractivity contribution in [3.63, 3.8) is 0 Å². The highest BCUT2D eigenvalue weighted by Crippen LogP contribution is 2.07. The lowest BCUT2D eigenvalue weighted by atomic mass is 10.2. The van der Waals surface area contributed by atoms with Crippen LogP contribution in [0, 0.1) is 0 Å². The zero-order chi connectivity index (χ0) is 12.7. The van der Waals surface area contributed by atoms with Gasteiger partial charge < -0.3 is 9.69 Å². The van der Waals surface area contributed by atoms with E-state index in [-0.39, 0.29) is 11.7 Å². The maximum absolute atomic E-state index is 11.9. The molecule has 1 aromatic carbocycles. The Bertz CT molecular complexity index is 373. The maximum Gasteiger partial charge on any atom is 0.223 e. The third kappa shape index (κ3) is 4.81. The monoisotopic (exact) mass is 233 g/mol. The van der Waals surface area contributed by atoms with Crippen molar-refractivity contribution in [1.82, 2.24) is 4.90 Å². The van der Waals surface area contributed by atoms with Gasteiger partial charge in [0.2, 0.25) is 5.91 Å². The van der Waals surface area contributed by atoms with Crippen molar-refractivity contribution >= 4 is 11.7 Å². The van der Waals surface area contributed by atoms with Gasteiger partial charge in [-0.3, -0.25) is 4.79 Å². The summed E-state index contributed by atoms with van der Waals surface area (Å²) in [6.45, 7) is 4.76. The van der Waals surface area contributed by atoms with E-state index in [2.05, 4.69) is 0 Å². The van der Waals surface area contributed by atoms with Crippen molar-refractivity contribution in [1.29, 1.82) is 0 Å². The zero-order valence-electron chi connectivity index (χ0n) is 10.5. The Morgan fingerprint density at radius 1 is 1.12 bits per heavy atom. The summed E-state index contributed by atoms with van der Waals surface area (Å²) in [5.74, 6) is 0.112. The SMILES string of the molecule is CCN(Cc1ccccc1)C(=O)CCC(C)=O. The lowest BCUT2D eigenvalue weighted by Gasteiger charge is -2.20. The van der Waals surface area contributed by atoms with Crippen LogP contribution in [0.1, 0.15) is 32.3 Å². The molecule has 0 saturated carbocycles. The number of benzene rings is 1. The molecule has 0 aliphatic carbocycles. The average Bonchev–Trinajstić information content (AvgIpc) is 2.34. The number of rotatable bonds is 6. The first-order valence-electron chi connectivity index (χ1n) is 5.94. The maximum atomic E-state index is 11.9. The molecule has 0 bridgehead atoms. The molecule has 1 amide bonds. The Kier molecular flexibility index (Phi) is 5.40. The second-order valence-electron chi connectivity index (χ2n) is 4.10. The number of ketones is 1. The lowest BCUT2D eigenvalue weighted by Crippen LogP contribution is -2.30. The van der Waals surface area contributed by atoms with Gasteiger partial charge in [0.1, 0.15) is 5.78 Å². The van der Waals surface area contributed by atoms with E-state index >= 15 is 0 Å². The third-order valence-electron chi connectivity index (χ3n) is 2.64. The van der Waals surface area contributed by atoms with Crippen LogP contribution in [0.25, 0.3) is 0 Å². The van der Waals surface area contributed by atoms with Crippen LogP contribution in [0.5, 0.6) is 0 Å². The molecule has 0 atom stereocenters. The molecule has 0 heterocycles. The molecule has 1 aromatic rings. The number of amides is 1. The molecule has 0 aromatic heterocycles. The van der Waals surface area contributed by atoms with Gasteiger partial charge in [0.05, 0.1) is 0 Å². The fourth-order valence-electron chi connectivity index (χ4n) is 1.62. The molecule has 3 heteroatoms. The largest absolute Gasteiger partial charge is 0.339 e. The minimum Gasteiger partial charge on any atom is -0.339 e. The van der Waals surface area contributed by atoms with Crippen LogP contribution in [0.15, 0.2) is 30.3 Å². The van der Waals surface area contributed by atoms with Gasteiger partial charge in [0, 0.05) is 25.9 Å². The number of hydrogen-bond donors (Lipinski definition) is 0. The van der Waals surface area contributed by atoms with Crippen LogP contribution in [-0.4, -0.2) is 23.1 Å². The highest BCUT2D eigenvalue weighted by atomic mass is 16.2. The molecular weight excluding hydrogens is 214 g/mol. The predicted molar refractivity (Wildman–Crippen MR) is 67.4 cm³/mol. The average molecular weight is 233 g/mol. The van der Waals surface area contributed by atoms with Gasteiger partial charge in [0.15, 0.2) is 0 Å². The van der Waals surface area contributed by atoms with E-state index in [1.807, 2.05) is 37.3 Å². The van der Waals surface area contributed by atoms with Crippen LogP contribution < -0.4 is 0 Å². The van der Waals surface area contributed by atoms with Crippen LogP contribution >= 0.6 is 0 Å². The summed E-state index contributed by atoms with van der Waals surface area (Å²) in [5.41, 5.74) is 1.12. The summed E-state index contributed by atoms with van der Waals surface area (Å²) in [5, 5.41) is 0. The zero-order valence-corrected chi connectivity index (χ0v) is 10.5. The van der Waals surface area contributed by atoms with E-state index in [0.29, 0.717) is 25.9 Å². The van der Waals surface area contributed by atoms with Gasteiger partial charge in [-0.05, 0) is 19.4 Å². The van der Waals surface area contributed by atoms with Crippen molar-refractivity contribution in [3.05, 3.63) is 35.9 Å². The first-order valence-corrected chi connectivity index (χ1v) is 5.94. The number of nitrogens with zero attached hydrogens (tertiary/aromatic N) is 1. The second-order valence-corrected chi connectivity index (χ2v) is 4.10.